The second kappa shape index (κ2) is 1.80. The molecule has 0 saturated carbocycles. The molecule has 0 atom stereocenters. The normalized spacial score (nSPS) is 27.6. The molecule has 1 aliphatic rings. The van der Waals surface area contributed by atoms with Gasteiger partial charge in [-0.2, -0.15) is 17.6 Å². The molecule has 1 N–H and O–H groups in total. The van der Waals surface area contributed by atoms with Crippen LogP contribution in [0.3, 0.4) is 0 Å². The molecule has 0 aromatic heterocycles. The average molecular weight is 157 g/mol. The fourth-order valence-corrected chi connectivity index (χ4v) is 0.513. The topological polar surface area (TPSA) is 36.8 Å². The third kappa shape index (κ3) is 1.55. The molecule has 0 spiro atoms. The first-order valence-corrected chi connectivity index (χ1v) is 2.36. The Bertz CT molecular complexity index is 165. The van der Waals surface area contributed by atoms with Gasteiger partial charge in [0.15, 0.2) is 0 Å². The molecular formula is C3H3F4N3. The lowest BCUT2D eigenvalue weighted by Crippen LogP contribution is -2.41. The molecule has 0 radical (unpaired) electrons. The standard InChI is InChI=1S/C3H3F4N3/c4-2(5)1-3(6,7)9-10-8-2/h1H2,(H,8,9). The summed E-state index contributed by atoms with van der Waals surface area (Å²) in [4.78, 5) is 0. The van der Waals surface area contributed by atoms with Crippen molar-refractivity contribution in [2.45, 2.75) is 18.5 Å². The molecule has 1 aliphatic heterocycles. The van der Waals surface area contributed by atoms with E-state index in [9.17, 15) is 17.6 Å². The Kier molecular flexibility index (Phi) is 1.30. The van der Waals surface area contributed by atoms with E-state index in [-0.39, 0.29) is 0 Å². The molecular weight excluding hydrogens is 154 g/mol. The van der Waals surface area contributed by atoms with E-state index in [1.165, 1.54) is 0 Å². The first kappa shape index (κ1) is 7.23. The number of alkyl halides is 4. The summed E-state index contributed by atoms with van der Waals surface area (Å²) in [5.41, 5.74) is 1.16. The van der Waals surface area contributed by atoms with E-state index in [0.29, 0.717) is 0 Å². The molecule has 0 saturated heterocycles. The average Bonchev–Trinajstić information content (AvgIpc) is 1.56. The summed E-state index contributed by atoms with van der Waals surface area (Å²) in [6, 6.07) is -7.39. The van der Waals surface area contributed by atoms with E-state index in [1.54, 1.807) is 0 Å². The van der Waals surface area contributed by atoms with Gasteiger partial charge in [0, 0.05) is 0 Å². The maximum absolute atomic E-state index is 12.0. The molecule has 10 heavy (non-hydrogen) atoms. The molecule has 1 heterocycles. The zero-order valence-corrected chi connectivity index (χ0v) is 4.61. The highest BCUT2D eigenvalue weighted by atomic mass is 19.3. The van der Waals surface area contributed by atoms with Crippen molar-refractivity contribution in [3.63, 3.8) is 0 Å². The second-order valence-electron chi connectivity index (χ2n) is 1.86. The van der Waals surface area contributed by atoms with Crippen molar-refractivity contribution in [1.29, 1.82) is 0 Å². The molecule has 3 nitrogen and oxygen atoms in total. The minimum atomic E-state index is -3.74. The molecule has 0 bridgehead atoms. The fourth-order valence-electron chi connectivity index (χ4n) is 0.513. The van der Waals surface area contributed by atoms with Crippen LogP contribution >= 0.6 is 0 Å². The Hall–Kier alpha value is -0.880. The van der Waals surface area contributed by atoms with Crippen LogP contribution in [0.5, 0.6) is 0 Å². The van der Waals surface area contributed by atoms with Gasteiger partial charge >= 0.3 is 12.1 Å². The van der Waals surface area contributed by atoms with Crippen molar-refractivity contribution >= 4 is 0 Å². The molecule has 1 rings (SSSR count). The molecule has 0 amide bonds. The van der Waals surface area contributed by atoms with Crippen LogP contribution in [0.15, 0.2) is 10.3 Å². The van der Waals surface area contributed by atoms with Gasteiger partial charge in [-0.3, -0.25) is 0 Å². The summed E-state index contributed by atoms with van der Waals surface area (Å²) in [7, 11) is 0. The van der Waals surface area contributed by atoms with E-state index in [2.05, 4.69) is 10.3 Å². The van der Waals surface area contributed by atoms with Crippen molar-refractivity contribution in [1.82, 2.24) is 5.43 Å². The van der Waals surface area contributed by atoms with Crippen LogP contribution in [-0.4, -0.2) is 12.1 Å². The molecule has 0 aromatic carbocycles. The summed E-state index contributed by atoms with van der Waals surface area (Å²) in [5.74, 6) is 0. The van der Waals surface area contributed by atoms with Crippen molar-refractivity contribution < 1.29 is 17.6 Å². The molecule has 0 unspecified atom stereocenters. The summed E-state index contributed by atoms with van der Waals surface area (Å²) < 4.78 is 47.7. The number of nitrogens with zero attached hydrogens (tertiary/aromatic N) is 2. The Labute approximate surface area is 53.1 Å². The highest BCUT2D eigenvalue weighted by molar-refractivity contribution is 4.74. The highest BCUT2D eigenvalue weighted by Gasteiger charge is 2.46. The summed E-state index contributed by atoms with van der Waals surface area (Å²) in [6.07, 6.45) is -1.64. The van der Waals surface area contributed by atoms with Crippen molar-refractivity contribution in [3.05, 3.63) is 0 Å². The van der Waals surface area contributed by atoms with Gasteiger partial charge in [-0.1, -0.05) is 10.3 Å². The number of rotatable bonds is 0. The maximum atomic E-state index is 12.0. The summed E-state index contributed by atoms with van der Waals surface area (Å²) in [6.45, 7) is 0. The number of hydrogen-bond acceptors (Lipinski definition) is 3. The monoisotopic (exact) mass is 157 g/mol. The van der Waals surface area contributed by atoms with Crippen LogP contribution in [0, 0.1) is 0 Å². The van der Waals surface area contributed by atoms with Gasteiger partial charge in [-0.05, 0) is 0 Å². The lowest BCUT2D eigenvalue weighted by atomic mass is 10.3. The van der Waals surface area contributed by atoms with Gasteiger partial charge < -0.3 is 0 Å². The van der Waals surface area contributed by atoms with Crippen LogP contribution in [0.25, 0.3) is 0 Å². The molecule has 7 heteroatoms. The minimum absolute atomic E-state index is 1.16. The van der Waals surface area contributed by atoms with Crippen LogP contribution in [0.4, 0.5) is 17.6 Å². The van der Waals surface area contributed by atoms with Crippen LogP contribution < -0.4 is 5.43 Å². The fraction of sp³-hybridized carbons (Fsp3) is 1.00. The Balaban J connectivity index is 2.73. The van der Waals surface area contributed by atoms with E-state index in [4.69, 9.17) is 0 Å². The van der Waals surface area contributed by atoms with Crippen molar-refractivity contribution in [3.8, 4) is 0 Å². The zero-order chi connectivity index (χ0) is 7.83. The lowest BCUT2D eigenvalue weighted by molar-refractivity contribution is -0.148. The second-order valence-corrected chi connectivity index (χ2v) is 1.86. The zero-order valence-electron chi connectivity index (χ0n) is 4.61. The van der Waals surface area contributed by atoms with E-state index in [0.717, 1.165) is 5.43 Å². The highest BCUT2D eigenvalue weighted by Crippen LogP contribution is 2.32. The van der Waals surface area contributed by atoms with E-state index in [1.807, 2.05) is 0 Å². The maximum Gasteiger partial charge on any atom is 0.368 e. The van der Waals surface area contributed by atoms with Crippen molar-refractivity contribution in [2.24, 2.45) is 10.3 Å². The predicted octanol–water partition coefficient (Wildman–Crippen LogP) is 1.53. The molecule has 58 valence electrons. The minimum Gasteiger partial charge on any atom is -0.229 e. The third-order valence-corrected chi connectivity index (χ3v) is 0.845. The smallest absolute Gasteiger partial charge is 0.229 e. The van der Waals surface area contributed by atoms with Gasteiger partial charge in [0.2, 0.25) is 0 Å². The van der Waals surface area contributed by atoms with Crippen LogP contribution in [0.1, 0.15) is 6.42 Å². The first-order valence-electron chi connectivity index (χ1n) is 2.36. The van der Waals surface area contributed by atoms with E-state index >= 15 is 0 Å². The van der Waals surface area contributed by atoms with E-state index < -0.39 is 18.5 Å². The van der Waals surface area contributed by atoms with Gasteiger partial charge in [-0.25, -0.2) is 5.43 Å². The summed E-state index contributed by atoms with van der Waals surface area (Å²) >= 11 is 0. The Morgan fingerprint density at radius 1 is 1.20 bits per heavy atom. The lowest BCUT2D eigenvalue weighted by Gasteiger charge is -2.22. The Morgan fingerprint density at radius 2 is 1.80 bits per heavy atom. The molecule has 0 aromatic rings. The number of halogens is 4. The SMILES string of the molecule is FC1(F)CC(F)(F)NN=N1. The first-order chi connectivity index (χ1) is 4.41. The van der Waals surface area contributed by atoms with Crippen LogP contribution in [-0.2, 0) is 0 Å². The Morgan fingerprint density at radius 3 is 2.10 bits per heavy atom. The van der Waals surface area contributed by atoms with Gasteiger partial charge in [0.1, 0.15) is 6.42 Å². The third-order valence-electron chi connectivity index (χ3n) is 0.845. The largest absolute Gasteiger partial charge is 0.368 e. The molecule has 0 aliphatic carbocycles. The van der Waals surface area contributed by atoms with Crippen LogP contribution in [0.2, 0.25) is 0 Å². The summed E-state index contributed by atoms with van der Waals surface area (Å²) in [5, 5.41) is 4.62. The number of hydrogen-bond donors (Lipinski definition) is 1. The quantitative estimate of drug-likeness (QED) is 0.420. The van der Waals surface area contributed by atoms with Gasteiger partial charge in [0.05, 0.1) is 0 Å². The van der Waals surface area contributed by atoms with Crippen molar-refractivity contribution in [2.75, 3.05) is 0 Å². The number of nitrogens with one attached hydrogen (secondary N) is 1. The molecule has 0 fully saturated rings. The van der Waals surface area contributed by atoms with Gasteiger partial charge in [0.25, 0.3) is 0 Å². The predicted molar refractivity (Wildman–Crippen MR) is 22.5 cm³/mol. The van der Waals surface area contributed by atoms with Gasteiger partial charge in [-0.15, -0.1) is 0 Å².